The van der Waals surface area contributed by atoms with Crippen molar-refractivity contribution in [1.29, 1.82) is 0 Å². The molecule has 2 rings (SSSR count). The number of likely N-dealkylation sites (N-methyl/N-ethyl adjacent to an activating group) is 1. The normalized spacial score (nSPS) is 12.3. The number of nitrogens with one attached hydrogen (secondary N) is 1. The smallest absolute Gasteiger partial charge is 0.238 e. The number of carbonyl (C=O) groups excluding carboxylic acids is 1. The third kappa shape index (κ3) is 4.61. The number of hydrogen-bond acceptors (Lipinski definition) is 2. The molecule has 0 aliphatic carbocycles. The summed E-state index contributed by atoms with van der Waals surface area (Å²) in [7, 11) is 1.76. The summed E-state index contributed by atoms with van der Waals surface area (Å²) < 4.78 is 27.3. The number of hydrogen-bond donors (Lipinski definition) is 1. The van der Waals surface area contributed by atoms with Gasteiger partial charge in [0.2, 0.25) is 5.91 Å². The van der Waals surface area contributed by atoms with E-state index in [0.717, 1.165) is 27.9 Å². The van der Waals surface area contributed by atoms with Crippen molar-refractivity contribution in [2.75, 3.05) is 18.9 Å². The monoisotopic (exact) mass is 396 g/mol. The second-order valence-corrected chi connectivity index (χ2v) is 6.69. The summed E-state index contributed by atoms with van der Waals surface area (Å²) >= 11 is 3.38. The summed E-state index contributed by atoms with van der Waals surface area (Å²) in [5.41, 5.74) is 2.31. The van der Waals surface area contributed by atoms with Crippen molar-refractivity contribution < 1.29 is 13.6 Å². The van der Waals surface area contributed by atoms with Gasteiger partial charge in [-0.1, -0.05) is 22.0 Å². The number of aryl methyl sites for hydroxylation is 1. The molecule has 0 spiro atoms. The molecule has 1 unspecified atom stereocenters. The first-order chi connectivity index (χ1) is 11.3. The fourth-order valence-electron chi connectivity index (χ4n) is 2.35. The molecule has 1 atom stereocenters. The molecule has 3 nitrogen and oxygen atoms in total. The molecular weight excluding hydrogens is 378 g/mol. The molecule has 0 aliphatic heterocycles. The molecule has 0 saturated carbocycles. The van der Waals surface area contributed by atoms with Gasteiger partial charge >= 0.3 is 0 Å². The zero-order valence-electron chi connectivity index (χ0n) is 13.7. The zero-order valence-corrected chi connectivity index (χ0v) is 15.3. The summed E-state index contributed by atoms with van der Waals surface area (Å²) in [6, 6.07) is 9.16. The maximum absolute atomic E-state index is 13.4. The summed E-state index contributed by atoms with van der Waals surface area (Å²) in [5, 5.41) is 2.86. The summed E-state index contributed by atoms with van der Waals surface area (Å²) in [6.07, 6.45) is 0. The molecule has 0 bridgehead atoms. The van der Waals surface area contributed by atoms with Crippen molar-refractivity contribution in [1.82, 2.24) is 4.90 Å². The molecule has 0 saturated heterocycles. The predicted molar refractivity (Wildman–Crippen MR) is 94.9 cm³/mol. The highest BCUT2D eigenvalue weighted by atomic mass is 79.9. The molecule has 1 amide bonds. The van der Waals surface area contributed by atoms with E-state index in [1.165, 1.54) is 6.07 Å². The molecule has 0 aromatic heterocycles. The van der Waals surface area contributed by atoms with Crippen molar-refractivity contribution in [2.45, 2.75) is 19.9 Å². The molecule has 6 heteroatoms. The van der Waals surface area contributed by atoms with E-state index in [1.54, 1.807) is 11.9 Å². The van der Waals surface area contributed by atoms with Gasteiger partial charge in [-0.3, -0.25) is 9.69 Å². The maximum Gasteiger partial charge on any atom is 0.238 e. The van der Waals surface area contributed by atoms with Gasteiger partial charge in [-0.2, -0.15) is 0 Å². The average Bonchev–Trinajstić information content (AvgIpc) is 2.52. The minimum Gasteiger partial charge on any atom is -0.325 e. The average molecular weight is 397 g/mol. The number of anilines is 1. The van der Waals surface area contributed by atoms with Crippen molar-refractivity contribution >= 4 is 27.5 Å². The van der Waals surface area contributed by atoms with Gasteiger partial charge in [0, 0.05) is 16.2 Å². The van der Waals surface area contributed by atoms with Crippen LogP contribution in [-0.4, -0.2) is 24.4 Å². The number of carbonyl (C=O) groups is 1. The van der Waals surface area contributed by atoms with Crippen LogP contribution in [0.4, 0.5) is 14.5 Å². The molecule has 24 heavy (non-hydrogen) atoms. The van der Waals surface area contributed by atoms with Crippen LogP contribution >= 0.6 is 15.9 Å². The van der Waals surface area contributed by atoms with Crippen LogP contribution < -0.4 is 5.32 Å². The zero-order chi connectivity index (χ0) is 17.9. The fourth-order valence-corrected chi connectivity index (χ4v) is 2.82. The SMILES string of the molecule is Cc1cc(Br)ccc1NC(=O)CN(C)C(C)c1ccc(F)c(F)c1. The first-order valence-electron chi connectivity index (χ1n) is 7.49. The highest BCUT2D eigenvalue weighted by molar-refractivity contribution is 9.10. The molecule has 0 fully saturated rings. The molecule has 0 heterocycles. The highest BCUT2D eigenvalue weighted by Crippen LogP contribution is 2.22. The van der Waals surface area contributed by atoms with Crippen LogP contribution in [0, 0.1) is 18.6 Å². The molecule has 0 aliphatic rings. The number of halogens is 3. The van der Waals surface area contributed by atoms with Crippen LogP contribution in [0.25, 0.3) is 0 Å². The standard InChI is InChI=1S/C18H19BrF2N2O/c1-11-8-14(19)5-7-17(11)22-18(24)10-23(3)12(2)13-4-6-15(20)16(21)9-13/h4-9,12H,10H2,1-3H3,(H,22,24). The quantitative estimate of drug-likeness (QED) is 0.796. The summed E-state index contributed by atoms with van der Waals surface area (Å²) in [6.45, 7) is 3.88. The molecule has 2 aromatic carbocycles. The van der Waals surface area contributed by atoms with E-state index >= 15 is 0 Å². The van der Waals surface area contributed by atoms with E-state index < -0.39 is 11.6 Å². The third-order valence-corrected chi connectivity index (χ3v) is 4.44. The molecule has 128 valence electrons. The molecule has 0 radical (unpaired) electrons. The van der Waals surface area contributed by atoms with E-state index in [9.17, 15) is 13.6 Å². The topological polar surface area (TPSA) is 32.3 Å². The maximum atomic E-state index is 13.4. The number of amides is 1. The number of nitrogens with zero attached hydrogens (tertiary/aromatic N) is 1. The van der Waals surface area contributed by atoms with Gasteiger partial charge in [-0.25, -0.2) is 8.78 Å². The lowest BCUT2D eigenvalue weighted by Crippen LogP contribution is -2.32. The minimum absolute atomic E-state index is 0.135. The Hall–Kier alpha value is -1.79. The van der Waals surface area contributed by atoms with Gasteiger partial charge in [0.15, 0.2) is 11.6 Å². The number of rotatable bonds is 5. The third-order valence-electron chi connectivity index (χ3n) is 3.94. The molecular formula is C18H19BrF2N2O. The lowest BCUT2D eigenvalue weighted by Gasteiger charge is -2.24. The van der Waals surface area contributed by atoms with Gasteiger partial charge in [0.05, 0.1) is 6.54 Å². The summed E-state index contributed by atoms with van der Waals surface area (Å²) in [5.74, 6) is -1.93. The van der Waals surface area contributed by atoms with Gasteiger partial charge in [0.1, 0.15) is 0 Å². The fraction of sp³-hybridized carbons (Fsp3) is 0.278. The second kappa shape index (κ2) is 7.85. The molecule has 1 N–H and O–H groups in total. The van der Waals surface area contributed by atoms with Crippen LogP contribution in [0.1, 0.15) is 24.1 Å². The summed E-state index contributed by atoms with van der Waals surface area (Å²) in [4.78, 5) is 14.0. The Morgan fingerprint density at radius 2 is 1.92 bits per heavy atom. The van der Waals surface area contributed by atoms with Crippen molar-refractivity contribution in [3.8, 4) is 0 Å². The van der Waals surface area contributed by atoms with Gasteiger partial charge in [-0.05, 0) is 62.4 Å². The predicted octanol–water partition coefficient (Wildman–Crippen LogP) is 4.67. The van der Waals surface area contributed by atoms with Crippen molar-refractivity contribution in [3.63, 3.8) is 0 Å². The molecule has 2 aromatic rings. The highest BCUT2D eigenvalue weighted by Gasteiger charge is 2.17. The van der Waals surface area contributed by atoms with E-state index in [0.29, 0.717) is 5.56 Å². The second-order valence-electron chi connectivity index (χ2n) is 5.77. The number of benzene rings is 2. The van der Waals surface area contributed by atoms with E-state index in [-0.39, 0.29) is 18.5 Å². The van der Waals surface area contributed by atoms with E-state index in [2.05, 4.69) is 21.2 Å². The Kier molecular flexibility index (Phi) is 6.07. The van der Waals surface area contributed by atoms with Gasteiger partial charge in [0.25, 0.3) is 0 Å². The Morgan fingerprint density at radius 3 is 2.54 bits per heavy atom. The van der Waals surface area contributed by atoms with Crippen LogP contribution in [0.15, 0.2) is 40.9 Å². The minimum atomic E-state index is -0.886. The Morgan fingerprint density at radius 1 is 1.21 bits per heavy atom. The Bertz CT molecular complexity index is 752. The van der Waals surface area contributed by atoms with Crippen LogP contribution in [0.5, 0.6) is 0 Å². The Balaban J connectivity index is 2.01. The Labute approximate surface area is 148 Å². The van der Waals surface area contributed by atoms with Crippen molar-refractivity contribution in [3.05, 3.63) is 63.6 Å². The van der Waals surface area contributed by atoms with Crippen molar-refractivity contribution in [2.24, 2.45) is 0 Å². The van der Waals surface area contributed by atoms with E-state index in [4.69, 9.17) is 0 Å². The van der Waals surface area contributed by atoms with Crippen LogP contribution in [0.3, 0.4) is 0 Å². The first-order valence-corrected chi connectivity index (χ1v) is 8.28. The first kappa shape index (κ1) is 18.5. The lowest BCUT2D eigenvalue weighted by molar-refractivity contribution is -0.117. The van der Waals surface area contributed by atoms with Crippen LogP contribution in [0.2, 0.25) is 0 Å². The largest absolute Gasteiger partial charge is 0.325 e. The van der Waals surface area contributed by atoms with Gasteiger partial charge < -0.3 is 5.32 Å². The lowest BCUT2D eigenvalue weighted by atomic mass is 10.1. The van der Waals surface area contributed by atoms with Crippen LogP contribution in [-0.2, 0) is 4.79 Å². The van der Waals surface area contributed by atoms with E-state index in [1.807, 2.05) is 32.0 Å². The van der Waals surface area contributed by atoms with Gasteiger partial charge in [-0.15, -0.1) is 0 Å².